The van der Waals surface area contributed by atoms with Gasteiger partial charge in [0.2, 0.25) is 5.91 Å². The molecule has 0 radical (unpaired) electrons. The molecule has 2 atom stereocenters. The van der Waals surface area contributed by atoms with Crippen molar-refractivity contribution in [1.82, 2.24) is 4.98 Å². The molecule has 0 saturated heterocycles. The molecule has 1 aromatic rings. The van der Waals surface area contributed by atoms with Gasteiger partial charge in [0.25, 0.3) is 0 Å². The summed E-state index contributed by atoms with van der Waals surface area (Å²) in [6, 6.07) is 2.08. The number of aryl methyl sites for hydroxylation is 1. The second-order valence-corrected chi connectivity index (χ2v) is 4.80. The van der Waals surface area contributed by atoms with Gasteiger partial charge >= 0.3 is 0 Å². The van der Waals surface area contributed by atoms with E-state index < -0.39 is 0 Å². The first-order valence-corrected chi connectivity index (χ1v) is 6.13. The maximum atomic E-state index is 11.9. The van der Waals surface area contributed by atoms with Crippen LogP contribution in [0.15, 0.2) is 18.5 Å². The third kappa shape index (κ3) is 4.97. The van der Waals surface area contributed by atoms with Gasteiger partial charge in [0.15, 0.2) is 0 Å². The average molecular weight is 306 g/mol. The van der Waals surface area contributed by atoms with Crippen LogP contribution in [-0.2, 0) is 4.79 Å². The van der Waals surface area contributed by atoms with Crippen LogP contribution in [0.2, 0.25) is 0 Å². The van der Waals surface area contributed by atoms with Gasteiger partial charge in [-0.15, -0.1) is 24.8 Å². The van der Waals surface area contributed by atoms with E-state index in [-0.39, 0.29) is 36.8 Å². The largest absolute Gasteiger partial charge is 0.327 e. The lowest BCUT2D eigenvalue weighted by Gasteiger charge is -2.15. The minimum Gasteiger partial charge on any atom is -0.327 e. The smallest absolute Gasteiger partial charge is 0.224 e. The topological polar surface area (TPSA) is 68.0 Å². The molecule has 1 aliphatic carbocycles. The minimum absolute atomic E-state index is 0. The first-order valence-electron chi connectivity index (χ1n) is 6.13. The van der Waals surface area contributed by atoms with Gasteiger partial charge in [-0.25, -0.2) is 0 Å². The van der Waals surface area contributed by atoms with Crippen molar-refractivity contribution in [1.29, 1.82) is 0 Å². The Morgan fingerprint density at radius 1 is 1.47 bits per heavy atom. The summed E-state index contributed by atoms with van der Waals surface area (Å²) in [6.07, 6.45) is 7.19. The number of amides is 1. The van der Waals surface area contributed by atoms with Crippen LogP contribution in [0.4, 0.5) is 5.69 Å². The van der Waals surface area contributed by atoms with E-state index >= 15 is 0 Å². The highest BCUT2D eigenvalue weighted by atomic mass is 35.5. The zero-order valence-corrected chi connectivity index (χ0v) is 12.6. The summed E-state index contributed by atoms with van der Waals surface area (Å²) in [4.78, 5) is 15.9. The molecule has 0 aliphatic heterocycles. The molecular formula is C13H21Cl2N3O. The highest BCUT2D eigenvalue weighted by molar-refractivity contribution is 5.91. The lowest BCUT2D eigenvalue weighted by Crippen LogP contribution is -2.28. The highest BCUT2D eigenvalue weighted by Gasteiger charge is 2.26. The number of carbonyl (C=O) groups is 1. The molecule has 108 valence electrons. The van der Waals surface area contributed by atoms with Gasteiger partial charge < -0.3 is 11.1 Å². The second kappa shape index (κ2) is 8.35. The predicted molar refractivity (Wildman–Crippen MR) is 82.0 cm³/mol. The van der Waals surface area contributed by atoms with E-state index in [1.807, 2.05) is 13.0 Å². The van der Waals surface area contributed by atoms with Crippen LogP contribution >= 0.6 is 24.8 Å². The summed E-state index contributed by atoms with van der Waals surface area (Å²) in [5, 5.41) is 2.90. The first-order chi connectivity index (χ1) is 8.16. The zero-order chi connectivity index (χ0) is 12.3. The number of anilines is 1. The van der Waals surface area contributed by atoms with Crippen molar-refractivity contribution >= 4 is 36.4 Å². The van der Waals surface area contributed by atoms with Crippen molar-refractivity contribution in [3.05, 3.63) is 24.0 Å². The maximum absolute atomic E-state index is 11.9. The fraction of sp³-hybridized carbons (Fsp3) is 0.538. The molecule has 6 heteroatoms. The van der Waals surface area contributed by atoms with Gasteiger partial charge in [0, 0.05) is 18.7 Å². The van der Waals surface area contributed by atoms with E-state index in [2.05, 4.69) is 10.3 Å². The molecule has 19 heavy (non-hydrogen) atoms. The Balaban J connectivity index is 0.00000162. The van der Waals surface area contributed by atoms with Gasteiger partial charge in [-0.2, -0.15) is 0 Å². The van der Waals surface area contributed by atoms with E-state index in [1.54, 1.807) is 12.4 Å². The van der Waals surface area contributed by atoms with Gasteiger partial charge in [-0.1, -0.05) is 6.42 Å². The number of rotatable bonds is 3. The van der Waals surface area contributed by atoms with Crippen molar-refractivity contribution in [2.75, 3.05) is 5.32 Å². The Bertz CT molecular complexity index is 415. The number of halogens is 2. The van der Waals surface area contributed by atoms with Gasteiger partial charge in [0.1, 0.15) is 0 Å². The molecule has 1 aliphatic rings. The molecule has 0 bridgehead atoms. The number of aromatic nitrogens is 1. The van der Waals surface area contributed by atoms with E-state index in [0.717, 1.165) is 30.5 Å². The van der Waals surface area contributed by atoms with Crippen molar-refractivity contribution in [3.63, 3.8) is 0 Å². The molecule has 1 amide bonds. The van der Waals surface area contributed by atoms with E-state index in [9.17, 15) is 4.79 Å². The van der Waals surface area contributed by atoms with Crippen LogP contribution in [-0.4, -0.2) is 16.9 Å². The molecule has 1 saturated carbocycles. The second-order valence-electron chi connectivity index (χ2n) is 4.80. The SMILES string of the molecule is Cc1ccncc1NC(=O)C[C@@H]1CCC[C@H]1N.Cl.Cl. The van der Waals surface area contributed by atoms with Crippen molar-refractivity contribution < 1.29 is 4.79 Å². The molecule has 3 N–H and O–H groups in total. The number of hydrogen-bond acceptors (Lipinski definition) is 3. The maximum Gasteiger partial charge on any atom is 0.224 e. The van der Waals surface area contributed by atoms with Crippen LogP contribution in [0.1, 0.15) is 31.2 Å². The van der Waals surface area contributed by atoms with Crippen molar-refractivity contribution in [2.24, 2.45) is 11.7 Å². The lowest BCUT2D eigenvalue weighted by atomic mass is 10.00. The molecule has 0 spiro atoms. The number of nitrogens with one attached hydrogen (secondary N) is 1. The minimum atomic E-state index is 0. The Labute approximate surface area is 126 Å². The summed E-state index contributed by atoms with van der Waals surface area (Å²) in [5.74, 6) is 0.385. The molecule has 1 fully saturated rings. The first kappa shape index (κ1) is 18.2. The van der Waals surface area contributed by atoms with Crippen molar-refractivity contribution in [3.8, 4) is 0 Å². The number of pyridine rings is 1. The summed E-state index contributed by atoms with van der Waals surface area (Å²) >= 11 is 0. The third-order valence-electron chi connectivity index (χ3n) is 3.48. The third-order valence-corrected chi connectivity index (χ3v) is 3.48. The molecule has 1 heterocycles. The van der Waals surface area contributed by atoms with Gasteiger partial charge in [-0.05, 0) is 37.3 Å². The summed E-state index contributed by atoms with van der Waals surface area (Å²) in [7, 11) is 0. The van der Waals surface area contributed by atoms with Crippen LogP contribution < -0.4 is 11.1 Å². The van der Waals surface area contributed by atoms with Crippen LogP contribution in [0.25, 0.3) is 0 Å². The van der Waals surface area contributed by atoms with Gasteiger partial charge in [0.05, 0.1) is 11.9 Å². The Morgan fingerprint density at radius 3 is 2.79 bits per heavy atom. The zero-order valence-electron chi connectivity index (χ0n) is 11.0. The summed E-state index contributed by atoms with van der Waals surface area (Å²) < 4.78 is 0. The Kier molecular flexibility index (Phi) is 7.99. The van der Waals surface area contributed by atoms with Crippen LogP contribution in [0.3, 0.4) is 0 Å². The summed E-state index contributed by atoms with van der Waals surface area (Å²) in [6.45, 7) is 1.96. The number of nitrogens with zero attached hydrogens (tertiary/aromatic N) is 1. The highest BCUT2D eigenvalue weighted by Crippen LogP contribution is 2.27. The molecular weight excluding hydrogens is 285 g/mol. The van der Waals surface area contributed by atoms with Crippen LogP contribution in [0, 0.1) is 12.8 Å². The number of carbonyl (C=O) groups excluding carboxylic acids is 1. The van der Waals surface area contributed by atoms with E-state index in [4.69, 9.17) is 5.73 Å². The lowest BCUT2D eigenvalue weighted by molar-refractivity contribution is -0.117. The summed E-state index contributed by atoms with van der Waals surface area (Å²) in [5.41, 5.74) is 7.79. The fourth-order valence-electron chi connectivity index (χ4n) is 2.35. The number of hydrogen-bond donors (Lipinski definition) is 2. The molecule has 4 nitrogen and oxygen atoms in total. The molecule has 0 unspecified atom stereocenters. The van der Waals surface area contributed by atoms with E-state index in [1.165, 1.54) is 0 Å². The van der Waals surface area contributed by atoms with Crippen LogP contribution in [0.5, 0.6) is 0 Å². The fourth-order valence-corrected chi connectivity index (χ4v) is 2.35. The van der Waals surface area contributed by atoms with Gasteiger partial charge in [-0.3, -0.25) is 9.78 Å². The quantitative estimate of drug-likeness (QED) is 0.902. The normalized spacial score (nSPS) is 21.2. The monoisotopic (exact) mass is 305 g/mol. The Hall–Kier alpha value is -0.840. The van der Waals surface area contributed by atoms with Crippen molar-refractivity contribution in [2.45, 2.75) is 38.6 Å². The Morgan fingerprint density at radius 2 is 2.21 bits per heavy atom. The molecule has 0 aromatic carbocycles. The molecule has 1 aromatic heterocycles. The molecule has 2 rings (SSSR count). The average Bonchev–Trinajstić information content (AvgIpc) is 2.68. The standard InChI is InChI=1S/C13H19N3O.2ClH/c1-9-5-6-15-8-12(9)16-13(17)7-10-3-2-4-11(10)14;;/h5-6,8,10-11H,2-4,7,14H2,1H3,(H,16,17);2*1H/t10-,11+;;/m0../s1. The number of nitrogens with two attached hydrogens (primary N) is 1. The predicted octanol–water partition coefficient (Wildman–Crippen LogP) is 2.69. The van der Waals surface area contributed by atoms with E-state index in [0.29, 0.717) is 12.3 Å².